The third kappa shape index (κ3) is 3.78. The lowest BCUT2D eigenvalue weighted by Gasteiger charge is -2.25. The summed E-state index contributed by atoms with van der Waals surface area (Å²) in [7, 11) is -2.60. The van der Waals surface area contributed by atoms with Gasteiger partial charge in [-0.1, -0.05) is 30.3 Å². The fraction of sp³-hybridized carbons (Fsp3) is 0.294. The molecule has 1 heterocycles. The molecule has 0 aliphatic carbocycles. The van der Waals surface area contributed by atoms with Crippen molar-refractivity contribution >= 4 is 21.9 Å². The predicted molar refractivity (Wildman–Crippen MR) is 93.5 cm³/mol. The minimum Gasteiger partial charge on any atom is -0.481 e. The first-order valence-corrected chi connectivity index (χ1v) is 9.21. The van der Waals surface area contributed by atoms with E-state index in [1.165, 1.54) is 20.9 Å². The molecule has 1 aromatic heterocycles. The van der Waals surface area contributed by atoms with Crippen LogP contribution < -0.4 is 10.0 Å². The number of carboxylic acids is 1. The Morgan fingerprint density at radius 3 is 2.38 bits per heavy atom. The van der Waals surface area contributed by atoms with Gasteiger partial charge in [-0.05, 0) is 26.5 Å². The molecule has 0 radical (unpaired) electrons. The molecule has 0 fully saturated rings. The molecule has 0 saturated heterocycles. The molecule has 1 aromatic carbocycles. The van der Waals surface area contributed by atoms with Crippen molar-refractivity contribution in [3.63, 3.8) is 0 Å². The van der Waals surface area contributed by atoms with E-state index in [0.29, 0.717) is 5.56 Å². The van der Waals surface area contributed by atoms with Crippen LogP contribution in [0.3, 0.4) is 0 Å². The zero-order valence-electron chi connectivity index (χ0n) is 14.6. The second-order valence-corrected chi connectivity index (χ2v) is 7.75. The van der Waals surface area contributed by atoms with Gasteiger partial charge >= 0.3 is 5.97 Å². The van der Waals surface area contributed by atoms with Gasteiger partial charge in [0.2, 0.25) is 5.09 Å². The summed E-state index contributed by atoms with van der Waals surface area (Å²) in [4.78, 5) is 24.2. The number of aliphatic carboxylic acids is 1. The highest BCUT2D eigenvalue weighted by molar-refractivity contribution is 7.89. The van der Waals surface area contributed by atoms with Gasteiger partial charge in [0.1, 0.15) is 11.2 Å². The number of carboxylic acid groups (broad SMARTS) is 1. The van der Waals surface area contributed by atoms with Gasteiger partial charge < -0.3 is 14.8 Å². The zero-order chi connectivity index (χ0) is 19.5. The number of rotatable bonds is 7. The highest BCUT2D eigenvalue weighted by Crippen LogP contribution is 2.24. The minimum absolute atomic E-state index is 0.0274. The number of sulfonamides is 1. The van der Waals surface area contributed by atoms with Gasteiger partial charge in [-0.3, -0.25) is 9.59 Å². The molecule has 140 valence electrons. The van der Waals surface area contributed by atoms with Crippen LogP contribution in [-0.2, 0) is 20.2 Å². The van der Waals surface area contributed by atoms with E-state index in [4.69, 9.17) is 4.42 Å². The summed E-state index contributed by atoms with van der Waals surface area (Å²) in [6.07, 6.45) is 0. The quantitative estimate of drug-likeness (QED) is 0.664. The minimum atomic E-state index is -3.82. The monoisotopic (exact) mass is 380 g/mol. The van der Waals surface area contributed by atoms with E-state index in [0.717, 1.165) is 6.07 Å². The molecule has 0 aliphatic rings. The van der Waals surface area contributed by atoms with Gasteiger partial charge in [0, 0.05) is 12.6 Å². The third-order valence-corrected chi connectivity index (χ3v) is 5.43. The molecule has 2 aromatic rings. The van der Waals surface area contributed by atoms with E-state index in [9.17, 15) is 23.1 Å². The average molecular weight is 380 g/mol. The van der Waals surface area contributed by atoms with Crippen LogP contribution in [0.4, 0.5) is 0 Å². The van der Waals surface area contributed by atoms with E-state index in [1.807, 2.05) is 0 Å². The third-order valence-electron chi connectivity index (χ3n) is 4.16. The lowest BCUT2D eigenvalue weighted by Crippen LogP contribution is -2.44. The summed E-state index contributed by atoms with van der Waals surface area (Å²) in [5.41, 5.74) is -0.774. The van der Waals surface area contributed by atoms with Crippen LogP contribution in [0.2, 0.25) is 0 Å². The number of hydrogen-bond donors (Lipinski definition) is 3. The normalized spacial score (nSPS) is 13.8. The second kappa shape index (κ2) is 7.30. The van der Waals surface area contributed by atoms with Crippen LogP contribution in [0.25, 0.3) is 0 Å². The van der Waals surface area contributed by atoms with Crippen molar-refractivity contribution in [2.45, 2.75) is 24.4 Å². The van der Waals surface area contributed by atoms with Gasteiger partial charge in [-0.15, -0.1) is 0 Å². The van der Waals surface area contributed by atoms with Crippen molar-refractivity contribution in [2.24, 2.45) is 0 Å². The number of hydrogen-bond acceptors (Lipinski definition) is 5. The van der Waals surface area contributed by atoms with Gasteiger partial charge in [0.15, 0.2) is 0 Å². The molecule has 3 N–H and O–H groups in total. The van der Waals surface area contributed by atoms with Crippen molar-refractivity contribution in [2.75, 3.05) is 13.6 Å². The standard InChI is InChI=1S/C17H20N2O6S/c1-11-13(9-14(25-11)26(23,24)18-3)15(20)19-10-17(2,16(21)22)12-7-5-4-6-8-12/h4-9,18H,10H2,1-3H3,(H,19,20)(H,21,22). The Balaban J connectivity index is 2.24. The van der Waals surface area contributed by atoms with Crippen LogP contribution in [0, 0.1) is 6.92 Å². The fourth-order valence-electron chi connectivity index (χ4n) is 2.37. The molecule has 1 atom stereocenters. The Morgan fingerprint density at radius 1 is 1.23 bits per heavy atom. The van der Waals surface area contributed by atoms with Crippen molar-refractivity contribution in [1.82, 2.24) is 10.0 Å². The fourth-order valence-corrected chi connectivity index (χ4v) is 3.08. The summed E-state index contributed by atoms with van der Waals surface area (Å²) in [6, 6.07) is 9.64. The Labute approximate surface area is 151 Å². The van der Waals surface area contributed by atoms with Crippen LogP contribution in [-0.4, -0.2) is 39.0 Å². The molecule has 1 amide bonds. The van der Waals surface area contributed by atoms with Gasteiger partial charge in [-0.25, -0.2) is 13.1 Å². The maximum atomic E-state index is 12.4. The van der Waals surface area contributed by atoms with Crippen LogP contribution in [0.1, 0.15) is 28.6 Å². The first kappa shape index (κ1) is 19.7. The highest BCUT2D eigenvalue weighted by atomic mass is 32.2. The van der Waals surface area contributed by atoms with Crippen LogP contribution in [0.5, 0.6) is 0 Å². The van der Waals surface area contributed by atoms with E-state index in [2.05, 4.69) is 10.0 Å². The molecule has 1 unspecified atom stereocenters. The SMILES string of the molecule is CNS(=O)(=O)c1cc(C(=O)NCC(C)(C(=O)O)c2ccccc2)c(C)o1. The first-order valence-electron chi connectivity index (χ1n) is 7.73. The molecule has 26 heavy (non-hydrogen) atoms. The predicted octanol–water partition coefficient (Wildman–Crippen LogP) is 1.27. The Hall–Kier alpha value is -2.65. The molecule has 0 aliphatic heterocycles. The van der Waals surface area contributed by atoms with Crippen molar-refractivity contribution < 1.29 is 27.5 Å². The lowest BCUT2D eigenvalue weighted by molar-refractivity contribution is -0.142. The molecular weight excluding hydrogens is 360 g/mol. The Kier molecular flexibility index (Phi) is 5.53. The molecule has 9 heteroatoms. The second-order valence-electron chi connectivity index (χ2n) is 5.93. The number of furan rings is 1. The Morgan fingerprint density at radius 2 is 1.85 bits per heavy atom. The summed E-state index contributed by atoms with van der Waals surface area (Å²) >= 11 is 0. The lowest BCUT2D eigenvalue weighted by atomic mass is 9.82. The van der Waals surface area contributed by atoms with E-state index in [1.54, 1.807) is 30.3 Å². The van der Waals surface area contributed by atoms with Gasteiger partial charge in [0.25, 0.3) is 15.9 Å². The molecule has 0 bridgehead atoms. The highest BCUT2D eigenvalue weighted by Gasteiger charge is 2.36. The van der Waals surface area contributed by atoms with Crippen molar-refractivity contribution in [3.8, 4) is 0 Å². The molecule has 8 nitrogen and oxygen atoms in total. The Bertz CT molecular complexity index is 920. The topological polar surface area (TPSA) is 126 Å². The molecule has 0 spiro atoms. The largest absolute Gasteiger partial charge is 0.481 e. The van der Waals surface area contributed by atoms with Crippen LogP contribution >= 0.6 is 0 Å². The van der Waals surface area contributed by atoms with Crippen LogP contribution in [0.15, 0.2) is 45.9 Å². The smallest absolute Gasteiger partial charge is 0.315 e. The first-order chi connectivity index (χ1) is 12.1. The molecular formula is C17H20N2O6S. The number of nitrogens with one attached hydrogen (secondary N) is 2. The number of benzene rings is 1. The number of amides is 1. The van der Waals surface area contributed by atoms with E-state index >= 15 is 0 Å². The molecule has 0 saturated carbocycles. The van der Waals surface area contributed by atoms with E-state index < -0.39 is 27.3 Å². The van der Waals surface area contributed by atoms with E-state index in [-0.39, 0.29) is 23.0 Å². The van der Waals surface area contributed by atoms with Crippen molar-refractivity contribution in [3.05, 3.63) is 53.3 Å². The van der Waals surface area contributed by atoms with Gasteiger partial charge in [0.05, 0.1) is 5.56 Å². The summed E-state index contributed by atoms with van der Waals surface area (Å²) in [5.74, 6) is -1.59. The van der Waals surface area contributed by atoms with Crippen molar-refractivity contribution in [1.29, 1.82) is 0 Å². The summed E-state index contributed by atoms with van der Waals surface area (Å²) in [6.45, 7) is 2.78. The maximum absolute atomic E-state index is 12.4. The van der Waals surface area contributed by atoms with Gasteiger partial charge in [-0.2, -0.15) is 0 Å². The number of carbonyl (C=O) groups excluding carboxylic acids is 1. The average Bonchev–Trinajstić information content (AvgIpc) is 3.02. The zero-order valence-corrected chi connectivity index (χ0v) is 15.4. The molecule has 2 rings (SSSR count). The maximum Gasteiger partial charge on any atom is 0.315 e. The summed E-state index contributed by atoms with van der Waals surface area (Å²) < 4.78 is 30.8. The number of carbonyl (C=O) groups is 2. The number of aryl methyl sites for hydroxylation is 1. The summed E-state index contributed by atoms with van der Waals surface area (Å²) in [5, 5.41) is 11.8.